The van der Waals surface area contributed by atoms with Gasteiger partial charge in [0.25, 0.3) is 0 Å². The normalized spacial score (nSPS) is 40.5. The van der Waals surface area contributed by atoms with Gasteiger partial charge < -0.3 is 21.1 Å². The summed E-state index contributed by atoms with van der Waals surface area (Å²) in [5.74, 6) is 1.60. The van der Waals surface area contributed by atoms with Crippen molar-refractivity contribution in [2.75, 3.05) is 11.9 Å². The van der Waals surface area contributed by atoms with Gasteiger partial charge >= 0.3 is 6.09 Å². The number of nitrogens with zero attached hydrogens (tertiary/aromatic N) is 3. The maximum atomic E-state index is 12.4. The van der Waals surface area contributed by atoms with Crippen LogP contribution < -0.4 is 11.1 Å². The molecule has 1 aromatic rings. The van der Waals surface area contributed by atoms with Crippen LogP contribution in [0.1, 0.15) is 51.0 Å². The lowest BCUT2D eigenvalue weighted by atomic mass is 9.44. The van der Waals surface area contributed by atoms with Gasteiger partial charge in [-0.1, -0.05) is 0 Å². The minimum absolute atomic E-state index is 0.175. The number of likely N-dealkylation sites (tertiary alicyclic amines) is 1. The van der Waals surface area contributed by atoms with Gasteiger partial charge in [0.05, 0.1) is 17.1 Å². The molecule has 0 radical (unpaired) electrons. The van der Waals surface area contributed by atoms with E-state index in [4.69, 9.17) is 5.73 Å². The Balaban J connectivity index is 1.51. The highest BCUT2D eigenvalue weighted by Gasteiger charge is 2.63. The van der Waals surface area contributed by atoms with Crippen LogP contribution in [0.4, 0.5) is 10.6 Å². The highest BCUT2D eigenvalue weighted by Crippen LogP contribution is 2.64. The lowest BCUT2D eigenvalue weighted by molar-refractivity contribution is -0.155. The zero-order chi connectivity index (χ0) is 22.0. The van der Waals surface area contributed by atoms with Gasteiger partial charge in [0, 0.05) is 18.2 Å². The third-order valence-corrected chi connectivity index (χ3v) is 8.67. The Morgan fingerprint density at radius 3 is 2.65 bits per heavy atom. The van der Waals surface area contributed by atoms with Crippen LogP contribution >= 0.6 is 0 Å². The number of anilines is 1. The Hall–Kier alpha value is -2.82. The molecule has 7 atom stereocenters. The van der Waals surface area contributed by atoms with Crippen molar-refractivity contribution >= 4 is 17.8 Å². The molecule has 31 heavy (non-hydrogen) atoms. The van der Waals surface area contributed by atoms with E-state index in [1.165, 1.54) is 0 Å². The maximum Gasteiger partial charge on any atom is 0.407 e. The van der Waals surface area contributed by atoms with Crippen molar-refractivity contribution in [1.29, 1.82) is 5.26 Å². The number of rotatable bonds is 4. The molecule has 4 N–H and O–H groups in total. The van der Waals surface area contributed by atoms with Crippen molar-refractivity contribution < 1.29 is 14.7 Å². The van der Waals surface area contributed by atoms with E-state index in [0.717, 1.165) is 32.1 Å². The molecule has 6 rings (SSSR count). The number of hydrogen-bond acceptors (Lipinski definition) is 5. The fraction of sp³-hybridized carbons (Fsp3) is 0.652. The first kappa shape index (κ1) is 20.1. The molecule has 0 aromatic carbocycles. The highest BCUT2D eigenvalue weighted by molar-refractivity contribution is 5.81. The van der Waals surface area contributed by atoms with E-state index in [0.29, 0.717) is 42.1 Å². The van der Waals surface area contributed by atoms with Crippen LogP contribution in [-0.4, -0.2) is 45.1 Å². The van der Waals surface area contributed by atoms with Gasteiger partial charge in [0.15, 0.2) is 0 Å². The highest BCUT2D eigenvalue weighted by atomic mass is 16.4. The Bertz CT molecular complexity index is 958. The predicted molar refractivity (Wildman–Crippen MR) is 113 cm³/mol. The van der Waals surface area contributed by atoms with Crippen LogP contribution in [-0.2, 0) is 4.79 Å². The minimum atomic E-state index is -0.907. The molecule has 1 aliphatic heterocycles. The molecular weight excluding hydrogens is 394 g/mol. The van der Waals surface area contributed by atoms with Crippen LogP contribution in [0.2, 0.25) is 0 Å². The van der Waals surface area contributed by atoms with Gasteiger partial charge in [0.2, 0.25) is 5.91 Å². The van der Waals surface area contributed by atoms with Crippen molar-refractivity contribution in [3.63, 3.8) is 0 Å². The molecule has 5 unspecified atom stereocenters. The van der Waals surface area contributed by atoms with E-state index >= 15 is 0 Å². The van der Waals surface area contributed by atoms with E-state index in [9.17, 15) is 20.0 Å². The average molecular weight is 424 g/mol. The van der Waals surface area contributed by atoms with Gasteiger partial charge in [-0.3, -0.25) is 4.79 Å². The number of carbonyl (C=O) groups is 2. The molecule has 8 nitrogen and oxygen atoms in total. The van der Waals surface area contributed by atoms with E-state index < -0.39 is 17.0 Å². The number of hydrogen-bond donors (Lipinski definition) is 3. The minimum Gasteiger partial charge on any atom is -0.465 e. The van der Waals surface area contributed by atoms with E-state index in [1.807, 2.05) is 0 Å². The summed E-state index contributed by atoms with van der Waals surface area (Å²) in [6.45, 7) is 2.50. The van der Waals surface area contributed by atoms with Crippen molar-refractivity contribution in [3.05, 3.63) is 23.9 Å². The summed E-state index contributed by atoms with van der Waals surface area (Å²) in [6.07, 6.45) is 5.91. The predicted octanol–water partition coefficient (Wildman–Crippen LogP) is 2.80. The number of amides is 2. The molecule has 8 heteroatoms. The molecule has 2 heterocycles. The van der Waals surface area contributed by atoms with Crippen LogP contribution in [0.3, 0.4) is 0 Å². The Morgan fingerprint density at radius 2 is 2.03 bits per heavy atom. The Morgan fingerprint density at radius 1 is 1.32 bits per heavy atom. The molecule has 4 saturated carbocycles. The third-order valence-electron chi connectivity index (χ3n) is 8.67. The molecular formula is C23H29N5O3. The van der Waals surface area contributed by atoms with E-state index in [2.05, 4.69) is 23.3 Å². The first-order valence-corrected chi connectivity index (χ1v) is 11.2. The molecule has 4 aliphatic carbocycles. The number of pyridine rings is 1. The molecule has 0 spiro atoms. The topological polar surface area (TPSA) is 132 Å². The van der Waals surface area contributed by atoms with Crippen molar-refractivity contribution in [2.45, 2.75) is 57.0 Å². The summed E-state index contributed by atoms with van der Waals surface area (Å²) in [5.41, 5.74) is 5.36. The number of carboxylic acid groups (broad SMARTS) is 1. The van der Waals surface area contributed by atoms with Gasteiger partial charge in [-0.05, 0) is 81.3 Å². The second-order valence-corrected chi connectivity index (χ2v) is 10.4. The molecule has 5 fully saturated rings. The number of nitrogens with two attached hydrogens (primary N) is 1. The quantitative estimate of drug-likeness (QED) is 0.682. The lowest BCUT2D eigenvalue weighted by Crippen LogP contribution is -2.64. The molecule has 5 aliphatic rings. The molecule has 2 amide bonds. The number of nitrogens with one attached hydrogen (secondary N) is 1. The third kappa shape index (κ3) is 2.97. The smallest absolute Gasteiger partial charge is 0.407 e. The Labute approximate surface area is 181 Å². The van der Waals surface area contributed by atoms with E-state index in [-0.39, 0.29) is 17.9 Å². The SMILES string of the molecule is CC1(Nc2ncccc2C#N)CCN(C(=O)O)C1C1C2CC3C[C@H]1C[C@@](C(N)=O)(C3)C2. The second kappa shape index (κ2) is 6.84. The fourth-order valence-electron chi connectivity index (χ4n) is 7.71. The summed E-state index contributed by atoms with van der Waals surface area (Å²) in [6, 6.07) is 5.38. The first-order chi connectivity index (χ1) is 14.8. The van der Waals surface area contributed by atoms with Crippen LogP contribution in [0.15, 0.2) is 18.3 Å². The monoisotopic (exact) mass is 423 g/mol. The van der Waals surface area contributed by atoms with Gasteiger partial charge in [-0.15, -0.1) is 0 Å². The number of aromatic nitrogens is 1. The molecule has 164 valence electrons. The molecule has 1 saturated heterocycles. The zero-order valence-corrected chi connectivity index (χ0v) is 17.8. The summed E-state index contributed by atoms with van der Waals surface area (Å²) >= 11 is 0. The number of nitriles is 1. The van der Waals surface area contributed by atoms with Crippen LogP contribution in [0, 0.1) is 40.4 Å². The van der Waals surface area contributed by atoms with Crippen molar-refractivity contribution in [1.82, 2.24) is 9.88 Å². The fourth-order valence-corrected chi connectivity index (χ4v) is 7.71. The van der Waals surface area contributed by atoms with Gasteiger partial charge in [-0.2, -0.15) is 5.26 Å². The van der Waals surface area contributed by atoms with Crippen molar-refractivity contribution in [2.24, 2.45) is 34.8 Å². The average Bonchev–Trinajstić information content (AvgIpc) is 3.05. The number of carbonyl (C=O) groups excluding carboxylic acids is 1. The maximum absolute atomic E-state index is 12.4. The summed E-state index contributed by atoms with van der Waals surface area (Å²) in [4.78, 5) is 30.6. The molecule has 1 aromatic heterocycles. The summed E-state index contributed by atoms with van der Waals surface area (Å²) < 4.78 is 0. The summed E-state index contributed by atoms with van der Waals surface area (Å²) in [5, 5.41) is 23.0. The van der Waals surface area contributed by atoms with Gasteiger partial charge in [-0.25, -0.2) is 9.78 Å². The zero-order valence-electron chi connectivity index (χ0n) is 17.8. The van der Waals surface area contributed by atoms with E-state index in [1.54, 1.807) is 23.2 Å². The largest absolute Gasteiger partial charge is 0.465 e. The van der Waals surface area contributed by atoms with Crippen LogP contribution in [0.5, 0.6) is 0 Å². The Kier molecular flexibility index (Phi) is 4.44. The second-order valence-electron chi connectivity index (χ2n) is 10.4. The first-order valence-electron chi connectivity index (χ1n) is 11.2. The molecule has 4 bridgehead atoms. The van der Waals surface area contributed by atoms with Gasteiger partial charge in [0.1, 0.15) is 11.9 Å². The standard InChI is InChI=1S/C23H29N5O3/c1-22(27-19-14(12-24)3-2-5-26-19)4-6-28(21(30)31)18(22)17-15-7-13-8-16(17)11-23(9-13,10-15)20(25)29/h2-3,5,13,15-18H,4,6-11H2,1H3,(H2,25,29)(H,26,27)(H,30,31)/t13?,15-,16?,17?,18?,22?,23-/m0/s1. The number of primary amides is 1. The lowest BCUT2D eigenvalue weighted by Gasteiger charge is -2.61. The van der Waals surface area contributed by atoms with Crippen molar-refractivity contribution in [3.8, 4) is 6.07 Å². The van der Waals surface area contributed by atoms with Crippen LogP contribution in [0.25, 0.3) is 0 Å². The summed E-state index contributed by atoms with van der Waals surface area (Å²) in [7, 11) is 0.